The molecule has 1 aromatic carbocycles. The summed E-state index contributed by atoms with van der Waals surface area (Å²) in [6.07, 6.45) is 4.57. The van der Waals surface area contributed by atoms with E-state index in [1.54, 1.807) is 0 Å². The number of hydrogen-bond acceptors (Lipinski definition) is 3. The number of unbranched alkanes of at least 4 members (excludes halogenated alkanes) is 2. The maximum atomic E-state index is 8.97. The molecule has 1 rings (SSSR count). The number of oxime groups is 1. The number of amidine groups is 1. The maximum absolute atomic E-state index is 8.97. The maximum Gasteiger partial charge on any atom is 0.172 e. The second-order valence-electron chi connectivity index (χ2n) is 4.84. The van der Waals surface area contributed by atoms with Crippen molar-refractivity contribution in [1.29, 1.82) is 0 Å². The third-order valence-electron chi connectivity index (χ3n) is 3.25. The topological polar surface area (TPSA) is 61.8 Å². The fourth-order valence-corrected chi connectivity index (χ4v) is 2.45. The van der Waals surface area contributed by atoms with E-state index in [2.05, 4.69) is 39.8 Å². The highest BCUT2D eigenvalue weighted by Gasteiger charge is 2.14. The molecule has 0 spiro atoms. The van der Waals surface area contributed by atoms with E-state index in [9.17, 15) is 0 Å². The molecule has 0 aliphatic heterocycles. The molecule has 0 unspecified atom stereocenters. The van der Waals surface area contributed by atoms with Crippen LogP contribution in [0.5, 0.6) is 0 Å². The SMILES string of the molecule is CCCCN(CCCC)c1ccc(Br)cc1/C(N)=N/O. The Morgan fingerprint density at radius 2 is 1.85 bits per heavy atom. The Kier molecular flexibility index (Phi) is 7.44. The lowest BCUT2D eigenvalue weighted by Crippen LogP contribution is -2.28. The van der Waals surface area contributed by atoms with E-state index in [-0.39, 0.29) is 5.84 Å². The van der Waals surface area contributed by atoms with Gasteiger partial charge < -0.3 is 15.8 Å². The highest BCUT2D eigenvalue weighted by molar-refractivity contribution is 9.10. The minimum Gasteiger partial charge on any atom is -0.409 e. The minimum absolute atomic E-state index is 0.152. The highest BCUT2D eigenvalue weighted by atomic mass is 79.9. The zero-order valence-corrected chi connectivity index (χ0v) is 13.9. The first-order valence-electron chi connectivity index (χ1n) is 7.16. The summed E-state index contributed by atoms with van der Waals surface area (Å²) in [6.45, 7) is 6.35. The summed E-state index contributed by atoms with van der Waals surface area (Å²) < 4.78 is 0.925. The summed E-state index contributed by atoms with van der Waals surface area (Å²) in [7, 11) is 0. The van der Waals surface area contributed by atoms with Gasteiger partial charge >= 0.3 is 0 Å². The van der Waals surface area contributed by atoms with Gasteiger partial charge in [-0.05, 0) is 31.0 Å². The summed E-state index contributed by atoms with van der Waals surface area (Å²) in [4.78, 5) is 2.33. The first-order valence-corrected chi connectivity index (χ1v) is 7.95. The normalized spacial score (nSPS) is 11.7. The van der Waals surface area contributed by atoms with Crippen LogP contribution >= 0.6 is 15.9 Å². The van der Waals surface area contributed by atoms with Gasteiger partial charge in [0.15, 0.2) is 5.84 Å². The van der Waals surface area contributed by atoms with Gasteiger partial charge in [-0.15, -0.1) is 0 Å². The van der Waals surface area contributed by atoms with Crippen molar-refractivity contribution in [2.24, 2.45) is 10.9 Å². The van der Waals surface area contributed by atoms with E-state index >= 15 is 0 Å². The number of halogens is 1. The fourth-order valence-electron chi connectivity index (χ4n) is 2.09. The molecule has 0 fully saturated rings. The quantitative estimate of drug-likeness (QED) is 0.325. The number of benzene rings is 1. The first-order chi connectivity index (χ1) is 9.63. The Morgan fingerprint density at radius 1 is 1.25 bits per heavy atom. The van der Waals surface area contributed by atoms with E-state index in [0.717, 1.165) is 54.5 Å². The second-order valence-corrected chi connectivity index (χ2v) is 5.76. The lowest BCUT2D eigenvalue weighted by molar-refractivity contribution is 0.318. The van der Waals surface area contributed by atoms with Crippen LogP contribution < -0.4 is 10.6 Å². The average molecular weight is 342 g/mol. The highest BCUT2D eigenvalue weighted by Crippen LogP contribution is 2.25. The molecule has 0 saturated carbocycles. The van der Waals surface area contributed by atoms with Gasteiger partial charge in [-0.2, -0.15) is 0 Å². The van der Waals surface area contributed by atoms with Crippen LogP contribution in [0.4, 0.5) is 5.69 Å². The molecule has 0 amide bonds. The van der Waals surface area contributed by atoms with Crippen molar-refractivity contribution in [3.05, 3.63) is 28.2 Å². The van der Waals surface area contributed by atoms with Crippen molar-refractivity contribution in [3.8, 4) is 0 Å². The monoisotopic (exact) mass is 341 g/mol. The number of anilines is 1. The molecule has 0 saturated heterocycles. The molecule has 3 N–H and O–H groups in total. The molecular weight excluding hydrogens is 318 g/mol. The predicted molar refractivity (Wildman–Crippen MR) is 88.7 cm³/mol. The van der Waals surface area contributed by atoms with Crippen molar-refractivity contribution >= 4 is 27.5 Å². The number of nitrogens with two attached hydrogens (primary N) is 1. The van der Waals surface area contributed by atoms with Crippen LogP contribution in [0.15, 0.2) is 27.8 Å². The van der Waals surface area contributed by atoms with Gasteiger partial charge in [0.1, 0.15) is 0 Å². The summed E-state index contributed by atoms with van der Waals surface area (Å²) >= 11 is 3.44. The Bertz CT molecular complexity index is 441. The third-order valence-corrected chi connectivity index (χ3v) is 3.74. The van der Waals surface area contributed by atoms with Crippen LogP contribution in [0.2, 0.25) is 0 Å². The van der Waals surface area contributed by atoms with Gasteiger partial charge in [0.2, 0.25) is 0 Å². The standard InChI is InChI=1S/C15H24BrN3O/c1-3-5-9-19(10-6-4-2)14-8-7-12(16)11-13(14)15(17)18-20/h7-8,11,20H,3-6,9-10H2,1-2H3,(H2,17,18). The van der Waals surface area contributed by atoms with Gasteiger partial charge in [-0.25, -0.2) is 0 Å². The fraction of sp³-hybridized carbons (Fsp3) is 0.533. The molecule has 0 aliphatic carbocycles. The summed E-state index contributed by atoms with van der Waals surface area (Å²) in [6, 6.07) is 5.92. The molecule has 0 aliphatic rings. The molecule has 5 heteroatoms. The van der Waals surface area contributed by atoms with Gasteiger partial charge in [-0.3, -0.25) is 0 Å². The van der Waals surface area contributed by atoms with E-state index < -0.39 is 0 Å². The lowest BCUT2D eigenvalue weighted by Gasteiger charge is -2.27. The zero-order valence-electron chi connectivity index (χ0n) is 12.3. The summed E-state index contributed by atoms with van der Waals surface area (Å²) in [5.41, 5.74) is 7.62. The summed E-state index contributed by atoms with van der Waals surface area (Å²) in [5, 5.41) is 12.1. The molecule has 112 valence electrons. The molecule has 20 heavy (non-hydrogen) atoms. The van der Waals surface area contributed by atoms with E-state index in [4.69, 9.17) is 10.9 Å². The van der Waals surface area contributed by atoms with Crippen molar-refractivity contribution < 1.29 is 5.21 Å². The largest absolute Gasteiger partial charge is 0.409 e. The van der Waals surface area contributed by atoms with Crippen molar-refractivity contribution in [2.75, 3.05) is 18.0 Å². The Hall–Kier alpha value is -1.23. The van der Waals surface area contributed by atoms with Gasteiger partial charge in [0.25, 0.3) is 0 Å². The van der Waals surface area contributed by atoms with Crippen LogP contribution in [-0.2, 0) is 0 Å². The van der Waals surface area contributed by atoms with E-state index in [0.29, 0.717) is 0 Å². The third kappa shape index (κ3) is 4.71. The van der Waals surface area contributed by atoms with Gasteiger partial charge in [-0.1, -0.05) is 47.8 Å². The average Bonchev–Trinajstić information content (AvgIpc) is 2.47. The zero-order chi connectivity index (χ0) is 15.0. The number of hydrogen-bond donors (Lipinski definition) is 2. The van der Waals surface area contributed by atoms with Crippen molar-refractivity contribution in [2.45, 2.75) is 39.5 Å². The van der Waals surface area contributed by atoms with E-state index in [1.165, 1.54) is 0 Å². The van der Waals surface area contributed by atoms with Gasteiger partial charge in [0.05, 0.1) is 0 Å². The molecular formula is C15H24BrN3O. The van der Waals surface area contributed by atoms with Crippen LogP contribution in [0.3, 0.4) is 0 Å². The molecule has 4 nitrogen and oxygen atoms in total. The smallest absolute Gasteiger partial charge is 0.172 e. The van der Waals surface area contributed by atoms with Crippen LogP contribution in [0.25, 0.3) is 0 Å². The molecule has 0 heterocycles. The summed E-state index contributed by atoms with van der Waals surface area (Å²) in [5.74, 6) is 0.152. The van der Waals surface area contributed by atoms with Crippen molar-refractivity contribution in [3.63, 3.8) is 0 Å². The van der Waals surface area contributed by atoms with Crippen molar-refractivity contribution in [1.82, 2.24) is 0 Å². The van der Waals surface area contributed by atoms with Gasteiger partial charge in [0, 0.05) is 28.8 Å². The molecule has 0 radical (unpaired) electrons. The van der Waals surface area contributed by atoms with Crippen LogP contribution in [0.1, 0.15) is 45.1 Å². The van der Waals surface area contributed by atoms with E-state index in [1.807, 2.05) is 18.2 Å². The van der Waals surface area contributed by atoms with Crippen LogP contribution in [0, 0.1) is 0 Å². The molecule has 0 bridgehead atoms. The minimum atomic E-state index is 0.152. The second kappa shape index (κ2) is 8.84. The first kappa shape index (κ1) is 16.8. The Balaban J connectivity index is 3.10. The number of rotatable bonds is 8. The van der Waals surface area contributed by atoms with Crippen LogP contribution in [-0.4, -0.2) is 24.1 Å². The lowest BCUT2D eigenvalue weighted by atomic mass is 10.1. The predicted octanol–water partition coefficient (Wildman–Crippen LogP) is 3.95. The molecule has 0 aromatic heterocycles. The Labute approximate surface area is 129 Å². The number of nitrogens with zero attached hydrogens (tertiary/aromatic N) is 2. The Morgan fingerprint density at radius 3 is 2.35 bits per heavy atom. The molecule has 0 atom stereocenters. The molecule has 1 aromatic rings.